The second-order valence-corrected chi connectivity index (χ2v) is 7.32. The lowest BCUT2D eigenvalue weighted by Crippen LogP contribution is -2.49. The first-order valence-corrected chi connectivity index (χ1v) is 9.82. The molecule has 0 bridgehead atoms. The van der Waals surface area contributed by atoms with E-state index in [2.05, 4.69) is 35.1 Å². The average Bonchev–Trinajstić information content (AvgIpc) is 3.16. The fourth-order valence-corrected chi connectivity index (χ4v) is 3.71. The van der Waals surface area contributed by atoms with E-state index in [1.54, 1.807) is 23.8 Å². The van der Waals surface area contributed by atoms with Crippen LogP contribution >= 0.6 is 11.3 Å². The van der Waals surface area contributed by atoms with Gasteiger partial charge in [0, 0.05) is 55.3 Å². The van der Waals surface area contributed by atoms with Gasteiger partial charge in [-0.25, -0.2) is 24.9 Å². The molecule has 0 saturated carbocycles. The standard InChI is InChI=1S/C18H20N8OS/c1-12-10-13(2)22-16(21-12)24-18-23-14(11-28-18)15(27)25-6-8-26(9-7-25)17-19-4-3-5-20-17/h3-5,10-11H,6-9H2,1-2H3,(H,21,22,23,24). The van der Waals surface area contributed by atoms with Gasteiger partial charge in [-0.3, -0.25) is 4.79 Å². The van der Waals surface area contributed by atoms with Crippen molar-refractivity contribution in [3.63, 3.8) is 0 Å². The van der Waals surface area contributed by atoms with E-state index in [0.29, 0.717) is 48.9 Å². The number of hydrogen-bond donors (Lipinski definition) is 1. The fourth-order valence-electron chi connectivity index (χ4n) is 3.03. The van der Waals surface area contributed by atoms with Crippen molar-refractivity contribution in [3.05, 3.63) is 47.0 Å². The summed E-state index contributed by atoms with van der Waals surface area (Å²) in [6.45, 7) is 6.44. The highest BCUT2D eigenvalue weighted by atomic mass is 32.1. The smallest absolute Gasteiger partial charge is 0.273 e. The topological polar surface area (TPSA) is 100 Å². The molecule has 4 rings (SSSR count). The first kappa shape index (κ1) is 18.2. The van der Waals surface area contributed by atoms with Crippen LogP contribution in [0.3, 0.4) is 0 Å². The van der Waals surface area contributed by atoms with Gasteiger partial charge >= 0.3 is 0 Å². The molecule has 1 N–H and O–H groups in total. The molecule has 1 aliphatic rings. The van der Waals surface area contributed by atoms with E-state index < -0.39 is 0 Å². The Morgan fingerprint density at radius 1 is 1.04 bits per heavy atom. The molecule has 144 valence electrons. The number of carbonyl (C=O) groups is 1. The minimum Gasteiger partial charge on any atom is -0.337 e. The molecule has 3 aromatic rings. The van der Waals surface area contributed by atoms with Crippen molar-refractivity contribution in [3.8, 4) is 0 Å². The first-order chi connectivity index (χ1) is 13.6. The summed E-state index contributed by atoms with van der Waals surface area (Å²) in [7, 11) is 0. The van der Waals surface area contributed by atoms with E-state index in [-0.39, 0.29) is 5.91 Å². The van der Waals surface area contributed by atoms with Crippen LogP contribution in [0.4, 0.5) is 17.0 Å². The Hall–Kier alpha value is -3.14. The highest BCUT2D eigenvalue weighted by Crippen LogP contribution is 2.21. The normalized spacial score (nSPS) is 14.2. The van der Waals surface area contributed by atoms with Crippen molar-refractivity contribution in [1.29, 1.82) is 0 Å². The van der Waals surface area contributed by atoms with Crippen LogP contribution in [0, 0.1) is 13.8 Å². The lowest BCUT2D eigenvalue weighted by atomic mass is 10.3. The monoisotopic (exact) mass is 396 g/mol. The highest BCUT2D eigenvalue weighted by Gasteiger charge is 2.25. The van der Waals surface area contributed by atoms with Crippen LogP contribution in [0.1, 0.15) is 21.9 Å². The molecular weight excluding hydrogens is 376 g/mol. The van der Waals surface area contributed by atoms with Crippen molar-refractivity contribution in [2.24, 2.45) is 0 Å². The van der Waals surface area contributed by atoms with Gasteiger partial charge in [0.2, 0.25) is 11.9 Å². The number of hydrogen-bond acceptors (Lipinski definition) is 9. The summed E-state index contributed by atoms with van der Waals surface area (Å²) in [6, 6.07) is 3.70. The third-order valence-electron chi connectivity index (χ3n) is 4.33. The van der Waals surface area contributed by atoms with Gasteiger partial charge in [0.05, 0.1) is 0 Å². The van der Waals surface area contributed by atoms with Gasteiger partial charge in [0.15, 0.2) is 5.13 Å². The minimum atomic E-state index is -0.0701. The van der Waals surface area contributed by atoms with E-state index in [1.807, 2.05) is 24.8 Å². The van der Waals surface area contributed by atoms with E-state index in [9.17, 15) is 4.79 Å². The highest BCUT2D eigenvalue weighted by molar-refractivity contribution is 7.14. The van der Waals surface area contributed by atoms with Crippen LogP contribution in [-0.4, -0.2) is 61.9 Å². The quantitative estimate of drug-likeness (QED) is 0.715. The van der Waals surface area contributed by atoms with Crippen molar-refractivity contribution in [2.75, 3.05) is 36.4 Å². The summed E-state index contributed by atoms with van der Waals surface area (Å²) in [6.07, 6.45) is 3.45. The van der Waals surface area contributed by atoms with Gasteiger partial charge in [0.1, 0.15) is 5.69 Å². The molecular formula is C18H20N8OS. The average molecular weight is 396 g/mol. The summed E-state index contributed by atoms with van der Waals surface area (Å²) in [4.78, 5) is 38.3. The summed E-state index contributed by atoms with van der Waals surface area (Å²) in [5.74, 6) is 1.12. The van der Waals surface area contributed by atoms with Crippen LogP contribution < -0.4 is 10.2 Å². The Morgan fingerprint density at radius 2 is 1.71 bits per heavy atom. The maximum absolute atomic E-state index is 12.8. The molecule has 0 aromatic carbocycles. The van der Waals surface area contributed by atoms with Crippen LogP contribution in [0.2, 0.25) is 0 Å². The molecule has 10 heteroatoms. The molecule has 0 aliphatic carbocycles. The minimum absolute atomic E-state index is 0.0701. The van der Waals surface area contributed by atoms with Gasteiger partial charge in [-0.1, -0.05) is 0 Å². The number of amides is 1. The third-order valence-corrected chi connectivity index (χ3v) is 5.08. The molecule has 3 aromatic heterocycles. The number of rotatable bonds is 4. The van der Waals surface area contributed by atoms with Crippen LogP contribution in [0.5, 0.6) is 0 Å². The number of carbonyl (C=O) groups excluding carboxylic acids is 1. The van der Waals surface area contributed by atoms with Crippen LogP contribution in [0.25, 0.3) is 0 Å². The third kappa shape index (κ3) is 4.06. The Bertz CT molecular complexity index is 948. The Balaban J connectivity index is 1.38. The molecule has 4 heterocycles. The fraction of sp³-hybridized carbons (Fsp3) is 0.333. The molecule has 28 heavy (non-hydrogen) atoms. The zero-order chi connectivity index (χ0) is 19.5. The summed E-state index contributed by atoms with van der Waals surface area (Å²) in [5.41, 5.74) is 2.19. The second kappa shape index (κ2) is 7.85. The maximum atomic E-state index is 12.8. The van der Waals surface area contributed by atoms with Crippen molar-refractivity contribution in [1.82, 2.24) is 29.8 Å². The van der Waals surface area contributed by atoms with Crippen molar-refractivity contribution in [2.45, 2.75) is 13.8 Å². The number of thiazole rings is 1. The van der Waals surface area contributed by atoms with E-state index in [0.717, 1.165) is 11.4 Å². The molecule has 1 aliphatic heterocycles. The molecule has 1 saturated heterocycles. The lowest BCUT2D eigenvalue weighted by molar-refractivity contribution is 0.0741. The van der Waals surface area contributed by atoms with Crippen molar-refractivity contribution < 1.29 is 4.79 Å². The largest absolute Gasteiger partial charge is 0.337 e. The summed E-state index contributed by atoms with van der Waals surface area (Å²) < 4.78 is 0. The number of nitrogens with one attached hydrogen (secondary N) is 1. The summed E-state index contributed by atoms with van der Waals surface area (Å²) in [5, 5.41) is 5.45. The maximum Gasteiger partial charge on any atom is 0.273 e. The number of anilines is 3. The van der Waals surface area contributed by atoms with Gasteiger partial charge in [-0.2, -0.15) is 0 Å². The predicted molar refractivity (Wildman–Crippen MR) is 107 cm³/mol. The molecule has 1 fully saturated rings. The van der Waals surface area contributed by atoms with Crippen LogP contribution in [-0.2, 0) is 0 Å². The molecule has 0 atom stereocenters. The zero-order valence-electron chi connectivity index (χ0n) is 15.7. The summed E-state index contributed by atoms with van der Waals surface area (Å²) >= 11 is 1.37. The Kier molecular flexibility index (Phi) is 5.11. The van der Waals surface area contributed by atoms with E-state index >= 15 is 0 Å². The van der Waals surface area contributed by atoms with Crippen molar-refractivity contribution >= 4 is 34.3 Å². The second-order valence-electron chi connectivity index (χ2n) is 6.47. The lowest BCUT2D eigenvalue weighted by Gasteiger charge is -2.34. The number of piperazine rings is 1. The van der Waals surface area contributed by atoms with Gasteiger partial charge in [-0.05, 0) is 26.0 Å². The first-order valence-electron chi connectivity index (χ1n) is 8.94. The van der Waals surface area contributed by atoms with Gasteiger partial charge < -0.3 is 15.1 Å². The van der Waals surface area contributed by atoms with E-state index in [1.165, 1.54) is 11.3 Å². The molecule has 0 unspecified atom stereocenters. The molecule has 9 nitrogen and oxygen atoms in total. The Morgan fingerprint density at radius 3 is 2.39 bits per heavy atom. The zero-order valence-corrected chi connectivity index (χ0v) is 16.5. The molecule has 0 radical (unpaired) electrons. The Labute approximate surface area is 166 Å². The van der Waals surface area contributed by atoms with E-state index in [4.69, 9.17) is 0 Å². The van der Waals surface area contributed by atoms with Gasteiger partial charge in [-0.15, -0.1) is 11.3 Å². The van der Waals surface area contributed by atoms with Crippen LogP contribution in [0.15, 0.2) is 29.9 Å². The number of aromatic nitrogens is 5. The number of nitrogens with zero attached hydrogens (tertiary/aromatic N) is 7. The molecule has 1 amide bonds. The molecule has 0 spiro atoms. The number of aryl methyl sites for hydroxylation is 2. The van der Waals surface area contributed by atoms with Gasteiger partial charge in [0.25, 0.3) is 5.91 Å². The SMILES string of the molecule is Cc1cc(C)nc(Nc2nc(C(=O)N3CCN(c4ncccn4)CC3)cs2)n1. The predicted octanol–water partition coefficient (Wildman–Crippen LogP) is 2.05.